The second-order valence-electron chi connectivity index (χ2n) is 7.78. The van der Waals surface area contributed by atoms with Crippen LogP contribution in [0.3, 0.4) is 0 Å². The zero-order valence-corrected chi connectivity index (χ0v) is 20.4. The van der Waals surface area contributed by atoms with Gasteiger partial charge in [0.15, 0.2) is 21.3 Å². The predicted octanol–water partition coefficient (Wildman–Crippen LogP) is 4.43. The molecule has 0 spiro atoms. The SMILES string of the molecule is CCCCCCCOc1ccc(C=C2SC(=S)N(C3CCS(=O)(=O)C3)C2=O)cc1OC. The fourth-order valence-corrected chi connectivity index (χ4v) is 6.81. The average Bonchev–Trinajstić information content (AvgIpc) is 3.22. The maximum Gasteiger partial charge on any atom is 0.266 e. The number of hydrogen-bond donors (Lipinski definition) is 0. The molecular formula is C22H29NO5S3. The van der Waals surface area contributed by atoms with Crippen LogP contribution in [-0.2, 0) is 14.6 Å². The molecule has 6 nitrogen and oxygen atoms in total. The third kappa shape index (κ3) is 6.23. The normalized spacial score (nSPS) is 21.8. The fourth-order valence-electron chi connectivity index (χ4n) is 3.71. The summed E-state index contributed by atoms with van der Waals surface area (Å²) in [6, 6.07) is 5.19. The molecule has 2 aliphatic rings. The van der Waals surface area contributed by atoms with Gasteiger partial charge in [-0.15, -0.1) is 0 Å². The Kier molecular flexibility index (Phi) is 8.41. The van der Waals surface area contributed by atoms with E-state index < -0.39 is 9.84 Å². The monoisotopic (exact) mass is 483 g/mol. The maximum atomic E-state index is 12.9. The number of amides is 1. The summed E-state index contributed by atoms with van der Waals surface area (Å²) >= 11 is 6.57. The van der Waals surface area contributed by atoms with Gasteiger partial charge in [-0.25, -0.2) is 8.42 Å². The van der Waals surface area contributed by atoms with Crippen molar-refractivity contribution in [1.82, 2.24) is 4.90 Å². The highest BCUT2D eigenvalue weighted by Gasteiger charge is 2.42. The Labute approximate surface area is 194 Å². The molecule has 0 saturated carbocycles. The summed E-state index contributed by atoms with van der Waals surface area (Å²) in [5.41, 5.74) is 0.798. The topological polar surface area (TPSA) is 72.9 Å². The van der Waals surface area contributed by atoms with E-state index in [-0.39, 0.29) is 23.5 Å². The van der Waals surface area contributed by atoms with Crippen molar-refractivity contribution in [1.29, 1.82) is 0 Å². The van der Waals surface area contributed by atoms with Crippen molar-refractivity contribution in [3.63, 3.8) is 0 Å². The highest BCUT2D eigenvalue weighted by Crippen LogP contribution is 2.37. The lowest BCUT2D eigenvalue weighted by Gasteiger charge is -2.20. The first-order valence-corrected chi connectivity index (χ1v) is 13.7. The number of hydrogen-bond acceptors (Lipinski definition) is 7. The van der Waals surface area contributed by atoms with Crippen LogP contribution in [-0.4, -0.2) is 54.8 Å². The molecule has 0 bridgehead atoms. The molecule has 3 rings (SSSR count). The minimum atomic E-state index is -3.10. The summed E-state index contributed by atoms with van der Waals surface area (Å²) in [5.74, 6) is 1.14. The Morgan fingerprint density at radius 2 is 2.00 bits per heavy atom. The first-order valence-electron chi connectivity index (χ1n) is 10.6. The van der Waals surface area contributed by atoms with Gasteiger partial charge in [0.25, 0.3) is 5.91 Å². The lowest BCUT2D eigenvalue weighted by atomic mass is 10.1. The molecule has 1 amide bonds. The molecule has 2 fully saturated rings. The first kappa shape index (κ1) is 24.1. The van der Waals surface area contributed by atoms with Crippen molar-refractivity contribution in [2.75, 3.05) is 25.2 Å². The summed E-state index contributed by atoms with van der Waals surface area (Å²) in [6.07, 6.45) is 8.04. The number of sulfone groups is 1. The number of benzene rings is 1. The van der Waals surface area contributed by atoms with Gasteiger partial charge in [0, 0.05) is 0 Å². The third-order valence-corrected chi connectivity index (χ3v) is 8.47. The van der Waals surface area contributed by atoms with Crippen molar-refractivity contribution in [3.8, 4) is 11.5 Å². The standard InChI is InChI=1S/C22H29NO5S3/c1-3-4-5-6-7-11-28-18-9-8-16(13-19(18)27-2)14-20-21(24)23(22(29)30-20)17-10-12-31(25,26)15-17/h8-9,13-14,17H,3-7,10-12,15H2,1-2H3. The Morgan fingerprint density at radius 3 is 2.68 bits per heavy atom. The van der Waals surface area contributed by atoms with E-state index in [1.54, 1.807) is 13.2 Å². The van der Waals surface area contributed by atoms with Gasteiger partial charge in [0.05, 0.1) is 36.2 Å². The van der Waals surface area contributed by atoms with Gasteiger partial charge in [-0.05, 0) is 36.6 Å². The molecule has 1 aromatic carbocycles. The number of thioether (sulfide) groups is 1. The molecule has 2 heterocycles. The number of carbonyl (C=O) groups excluding carboxylic acids is 1. The molecule has 1 aromatic rings. The molecule has 1 unspecified atom stereocenters. The highest BCUT2D eigenvalue weighted by atomic mass is 32.2. The number of ether oxygens (including phenoxy) is 2. The highest BCUT2D eigenvalue weighted by molar-refractivity contribution is 8.26. The molecule has 1 atom stereocenters. The van der Waals surface area contributed by atoms with Gasteiger partial charge in [-0.1, -0.05) is 62.7 Å². The second kappa shape index (κ2) is 10.8. The summed E-state index contributed by atoms with van der Waals surface area (Å²) in [4.78, 5) is 14.8. The first-order chi connectivity index (χ1) is 14.8. The minimum absolute atomic E-state index is 0.0228. The summed E-state index contributed by atoms with van der Waals surface area (Å²) in [6.45, 7) is 2.84. The van der Waals surface area contributed by atoms with Crippen molar-refractivity contribution < 1.29 is 22.7 Å². The van der Waals surface area contributed by atoms with Crippen LogP contribution >= 0.6 is 24.0 Å². The lowest BCUT2D eigenvalue weighted by molar-refractivity contribution is -0.123. The second-order valence-corrected chi connectivity index (χ2v) is 11.7. The van der Waals surface area contributed by atoms with E-state index in [1.807, 2.05) is 18.2 Å². The van der Waals surface area contributed by atoms with E-state index in [4.69, 9.17) is 21.7 Å². The predicted molar refractivity (Wildman–Crippen MR) is 129 cm³/mol. The van der Waals surface area contributed by atoms with Gasteiger partial charge < -0.3 is 9.47 Å². The molecule has 2 saturated heterocycles. The van der Waals surface area contributed by atoms with E-state index in [2.05, 4.69) is 6.92 Å². The van der Waals surface area contributed by atoms with Gasteiger partial charge in [0.2, 0.25) is 0 Å². The summed E-state index contributed by atoms with van der Waals surface area (Å²) in [5, 5.41) is 0. The van der Waals surface area contributed by atoms with Crippen LogP contribution in [0.5, 0.6) is 11.5 Å². The van der Waals surface area contributed by atoms with Crippen molar-refractivity contribution in [2.45, 2.75) is 51.5 Å². The van der Waals surface area contributed by atoms with E-state index in [9.17, 15) is 13.2 Å². The zero-order chi connectivity index (χ0) is 22.4. The van der Waals surface area contributed by atoms with E-state index in [1.165, 1.54) is 35.9 Å². The molecule has 170 valence electrons. The van der Waals surface area contributed by atoms with Gasteiger partial charge in [-0.3, -0.25) is 9.69 Å². The number of methoxy groups -OCH3 is 1. The number of carbonyl (C=O) groups is 1. The summed E-state index contributed by atoms with van der Waals surface area (Å²) in [7, 11) is -1.51. The Balaban J connectivity index is 1.66. The van der Waals surface area contributed by atoms with Crippen molar-refractivity contribution >= 4 is 50.1 Å². The molecular weight excluding hydrogens is 454 g/mol. The maximum absolute atomic E-state index is 12.9. The smallest absolute Gasteiger partial charge is 0.266 e. The molecule has 31 heavy (non-hydrogen) atoms. The van der Waals surface area contributed by atoms with Crippen LogP contribution < -0.4 is 9.47 Å². The van der Waals surface area contributed by atoms with E-state index >= 15 is 0 Å². The van der Waals surface area contributed by atoms with Crippen LogP contribution in [0, 0.1) is 0 Å². The number of nitrogens with zero attached hydrogens (tertiary/aromatic N) is 1. The van der Waals surface area contributed by atoms with E-state index in [0.29, 0.717) is 33.8 Å². The summed E-state index contributed by atoms with van der Waals surface area (Å²) < 4.78 is 35.3. The van der Waals surface area contributed by atoms with Crippen molar-refractivity contribution in [2.24, 2.45) is 0 Å². The largest absolute Gasteiger partial charge is 0.493 e. The minimum Gasteiger partial charge on any atom is -0.493 e. The number of thiocarbonyl (C=S) groups is 1. The van der Waals surface area contributed by atoms with Crippen LogP contribution in [0.25, 0.3) is 6.08 Å². The van der Waals surface area contributed by atoms with Gasteiger partial charge in [-0.2, -0.15) is 0 Å². The van der Waals surface area contributed by atoms with Gasteiger partial charge in [0.1, 0.15) is 4.32 Å². The Morgan fingerprint density at radius 1 is 1.23 bits per heavy atom. The fraction of sp³-hybridized carbons (Fsp3) is 0.545. The van der Waals surface area contributed by atoms with Gasteiger partial charge >= 0.3 is 0 Å². The molecule has 0 radical (unpaired) electrons. The molecule has 0 N–H and O–H groups in total. The Hall–Kier alpha value is -1.58. The number of unbranched alkanes of at least 4 members (excludes halogenated alkanes) is 4. The van der Waals surface area contributed by atoms with Crippen LogP contribution in [0.1, 0.15) is 51.0 Å². The van der Waals surface area contributed by atoms with E-state index in [0.717, 1.165) is 18.4 Å². The van der Waals surface area contributed by atoms with Crippen LogP contribution in [0.15, 0.2) is 23.1 Å². The molecule has 0 aliphatic carbocycles. The van der Waals surface area contributed by atoms with Crippen LogP contribution in [0.2, 0.25) is 0 Å². The molecule has 9 heteroatoms. The average molecular weight is 484 g/mol. The van der Waals surface area contributed by atoms with Crippen molar-refractivity contribution in [3.05, 3.63) is 28.7 Å². The Bertz CT molecular complexity index is 958. The zero-order valence-electron chi connectivity index (χ0n) is 18.0. The van der Waals surface area contributed by atoms with Crippen LogP contribution in [0.4, 0.5) is 0 Å². The third-order valence-electron chi connectivity index (χ3n) is 5.39. The molecule has 2 aliphatic heterocycles. The lowest BCUT2D eigenvalue weighted by Crippen LogP contribution is -2.39. The molecule has 0 aromatic heterocycles. The quantitative estimate of drug-likeness (QED) is 0.277. The number of rotatable bonds is 10.